The number of hydrogen-bond acceptors (Lipinski definition) is 6. The molecule has 0 saturated carbocycles. The van der Waals surface area contributed by atoms with E-state index in [1.54, 1.807) is 12.1 Å². The number of nitrogens with two attached hydrogens (primary N) is 1. The van der Waals surface area contributed by atoms with Gasteiger partial charge in [0.1, 0.15) is 5.69 Å². The van der Waals surface area contributed by atoms with E-state index >= 15 is 0 Å². The van der Waals surface area contributed by atoms with E-state index in [0.717, 1.165) is 0 Å². The molecule has 2 rings (SSSR count). The Morgan fingerprint density at radius 3 is 2.86 bits per heavy atom. The largest absolute Gasteiger partial charge is 0.353 e. The number of hydrazine groups is 1. The summed E-state index contributed by atoms with van der Waals surface area (Å²) in [5, 5.41) is 13.9. The molecule has 1 aliphatic rings. The summed E-state index contributed by atoms with van der Waals surface area (Å²) in [7, 11) is 0. The average molecular weight is 293 g/mol. The minimum atomic E-state index is -0.672. The van der Waals surface area contributed by atoms with Crippen molar-refractivity contribution in [2.45, 2.75) is 25.9 Å². The quantitative estimate of drug-likeness (QED) is 0.425. The molecule has 1 saturated heterocycles. The van der Waals surface area contributed by atoms with Crippen molar-refractivity contribution in [1.29, 1.82) is 0 Å². The predicted octanol–water partition coefficient (Wildman–Crippen LogP) is 0.591. The van der Waals surface area contributed by atoms with E-state index in [2.05, 4.69) is 10.7 Å². The van der Waals surface area contributed by atoms with Gasteiger partial charge in [0.05, 0.1) is 10.5 Å². The number of piperazine rings is 1. The summed E-state index contributed by atoms with van der Waals surface area (Å²) in [6, 6.07) is 4.78. The van der Waals surface area contributed by atoms with Crippen LogP contribution in [0.25, 0.3) is 0 Å². The molecule has 0 spiro atoms. The van der Waals surface area contributed by atoms with Gasteiger partial charge in [-0.15, -0.1) is 0 Å². The number of nitrogens with zero attached hydrogens (tertiary/aromatic N) is 2. The first kappa shape index (κ1) is 15.2. The Kier molecular flexibility index (Phi) is 4.10. The van der Waals surface area contributed by atoms with Gasteiger partial charge >= 0.3 is 0 Å². The highest BCUT2D eigenvalue weighted by atomic mass is 16.6. The third kappa shape index (κ3) is 2.81. The fourth-order valence-electron chi connectivity index (χ4n) is 2.46. The summed E-state index contributed by atoms with van der Waals surface area (Å²) in [6.45, 7) is 5.29. The van der Waals surface area contributed by atoms with E-state index in [0.29, 0.717) is 25.2 Å². The van der Waals surface area contributed by atoms with Crippen molar-refractivity contribution in [3.8, 4) is 0 Å². The zero-order chi connectivity index (χ0) is 15.6. The second-order valence-electron chi connectivity index (χ2n) is 5.45. The number of carbonyl (C=O) groups is 1. The normalized spacial score (nSPS) is 18.1. The standard InChI is InChI=1S/C13H19N5O3/c1-13(2)12(19)15-6-7-17(13)8-9-4-3-5-10(18(20)21)11(9)16-14/h3-5,16H,6-8,14H2,1-2H3,(H,15,19). The number of hydrogen-bond donors (Lipinski definition) is 3. The van der Waals surface area contributed by atoms with Crippen molar-refractivity contribution in [3.63, 3.8) is 0 Å². The number of carbonyl (C=O) groups excluding carboxylic acids is 1. The van der Waals surface area contributed by atoms with Crippen LogP contribution in [0.1, 0.15) is 19.4 Å². The van der Waals surface area contributed by atoms with Gasteiger partial charge in [-0.2, -0.15) is 0 Å². The third-order valence-corrected chi connectivity index (χ3v) is 3.84. The summed E-state index contributed by atoms with van der Waals surface area (Å²) in [5.74, 6) is 5.38. The number of nitrogens with one attached hydrogen (secondary N) is 2. The Bertz CT molecular complexity index is 573. The molecule has 1 aromatic carbocycles. The number of anilines is 1. The van der Waals surface area contributed by atoms with Crippen molar-refractivity contribution in [2.24, 2.45) is 5.84 Å². The summed E-state index contributed by atoms with van der Waals surface area (Å²) in [4.78, 5) is 24.5. The zero-order valence-corrected chi connectivity index (χ0v) is 12.0. The maximum Gasteiger partial charge on any atom is 0.293 e. The number of para-hydroxylation sites is 1. The van der Waals surface area contributed by atoms with Gasteiger partial charge in [0, 0.05) is 25.7 Å². The number of amides is 1. The monoisotopic (exact) mass is 293 g/mol. The van der Waals surface area contributed by atoms with E-state index in [1.165, 1.54) is 6.07 Å². The Labute approximate surface area is 122 Å². The molecular weight excluding hydrogens is 274 g/mol. The molecule has 4 N–H and O–H groups in total. The minimum absolute atomic E-state index is 0.0542. The van der Waals surface area contributed by atoms with Crippen molar-refractivity contribution in [3.05, 3.63) is 33.9 Å². The van der Waals surface area contributed by atoms with Crippen LogP contribution < -0.4 is 16.6 Å². The lowest BCUT2D eigenvalue weighted by Gasteiger charge is -2.41. The van der Waals surface area contributed by atoms with Crippen LogP contribution in [0.2, 0.25) is 0 Å². The van der Waals surface area contributed by atoms with Crippen molar-refractivity contribution < 1.29 is 9.72 Å². The molecule has 21 heavy (non-hydrogen) atoms. The lowest BCUT2D eigenvalue weighted by molar-refractivity contribution is -0.384. The Morgan fingerprint density at radius 2 is 2.24 bits per heavy atom. The Hall–Kier alpha value is -2.19. The molecule has 0 aromatic heterocycles. The van der Waals surface area contributed by atoms with E-state index in [4.69, 9.17) is 5.84 Å². The average Bonchev–Trinajstić information content (AvgIpc) is 2.44. The fourth-order valence-corrected chi connectivity index (χ4v) is 2.46. The van der Waals surface area contributed by atoms with Gasteiger partial charge in [-0.3, -0.25) is 25.7 Å². The van der Waals surface area contributed by atoms with Crippen LogP contribution in [0, 0.1) is 10.1 Å². The van der Waals surface area contributed by atoms with Crippen LogP contribution >= 0.6 is 0 Å². The van der Waals surface area contributed by atoms with Crippen LogP contribution in [-0.4, -0.2) is 34.4 Å². The lowest BCUT2D eigenvalue weighted by atomic mass is 9.97. The van der Waals surface area contributed by atoms with Crippen LogP contribution in [-0.2, 0) is 11.3 Å². The highest BCUT2D eigenvalue weighted by Gasteiger charge is 2.37. The van der Waals surface area contributed by atoms with E-state index < -0.39 is 10.5 Å². The molecule has 1 aromatic rings. The number of rotatable bonds is 4. The summed E-state index contributed by atoms with van der Waals surface area (Å²) < 4.78 is 0. The van der Waals surface area contributed by atoms with Crippen molar-refractivity contribution in [1.82, 2.24) is 10.2 Å². The Balaban J connectivity index is 2.33. The molecule has 1 heterocycles. The Morgan fingerprint density at radius 1 is 1.52 bits per heavy atom. The molecule has 1 amide bonds. The van der Waals surface area contributed by atoms with Gasteiger partial charge in [-0.25, -0.2) is 0 Å². The minimum Gasteiger partial charge on any atom is -0.353 e. The fraction of sp³-hybridized carbons (Fsp3) is 0.462. The topological polar surface area (TPSA) is 114 Å². The van der Waals surface area contributed by atoms with Gasteiger partial charge in [-0.05, 0) is 19.4 Å². The van der Waals surface area contributed by atoms with Crippen molar-refractivity contribution in [2.75, 3.05) is 18.5 Å². The van der Waals surface area contributed by atoms with E-state index in [9.17, 15) is 14.9 Å². The van der Waals surface area contributed by atoms with Crippen LogP contribution in [0.4, 0.5) is 11.4 Å². The lowest BCUT2D eigenvalue weighted by Crippen LogP contribution is -2.61. The van der Waals surface area contributed by atoms with E-state index in [1.807, 2.05) is 18.7 Å². The molecule has 8 nitrogen and oxygen atoms in total. The van der Waals surface area contributed by atoms with Gasteiger partial charge in [-0.1, -0.05) is 12.1 Å². The molecule has 0 aliphatic carbocycles. The number of nitrogen functional groups attached to an aromatic ring is 1. The van der Waals surface area contributed by atoms with Crippen LogP contribution in [0.3, 0.4) is 0 Å². The van der Waals surface area contributed by atoms with Gasteiger partial charge in [0.15, 0.2) is 0 Å². The highest BCUT2D eigenvalue weighted by Crippen LogP contribution is 2.30. The summed E-state index contributed by atoms with van der Waals surface area (Å²) >= 11 is 0. The molecule has 0 atom stereocenters. The number of nitro groups is 1. The first-order valence-corrected chi connectivity index (χ1v) is 6.64. The maximum atomic E-state index is 11.9. The summed E-state index contributed by atoms with van der Waals surface area (Å²) in [5.41, 5.74) is 2.63. The second kappa shape index (κ2) is 5.66. The third-order valence-electron chi connectivity index (χ3n) is 3.84. The SMILES string of the molecule is CC1(C)C(=O)NCCN1Cc1cccc([N+](=O)[O-])c1NN. The maximum absolute atomic E-state index is 11.9. The molecule has 1 aliphatic heterocycles. The highest BCUT2D eigenvalue weighted by molar-refractivity contribution is 5.86. The first-order chi connectivity index (χ1) is 9.87. The van der Waals surface area contributed by atoms with Gasteiger partial charge in [0.25, 0.3) is 5.69 Å². The number of nitro benzene ring substituents is 1. The zero-order valence-electron chi connectivity index (χ0n) is 12.0. The first-order valence-electron chi connectivity index (χ1n) is 6.64. The molecule has 8 heteroatoms. The van der Waals surface area contributed by atoms with Crippen LogP contribution in [0.15, 0.2) is 18.2 Å². The molecule has 114 valence electrons. The molecule has 0 bridgehead atoms. The van der Waals surface area contributed by atoms with Gasteiger partial charge < -0.3 is 10.7 Å². The number of benzene rings is 1. The predicted molar refractivity (Wildman–Crippen MR) is 78.4 cm³/mol. The van der Waals surface area contributed by atoms with Crippen LogP contribution in [0.5, 0.6) is 0 Å². The molecule has 0 radical (unpaired) electrons. The second-order valence-corrected chi connectivity index (χ2v) is 5.45. The van der Waals surface area contributed by atoms with Gasteiger partial charge in [0.2, 0.25) is 5.91 Å². The molecule has 1 fully saturated rings. The summed E-state index contributed by atoms with van der Waals surface area (Å²) in [6.07, 6.45) is 0. The van der Waals surface area contributed by atoms with E-state index in [-0.39, 0.29) is 17.3 Å². The molecule has 0 unspecified atom stereocenters. The molecular formula is C13H19N5O3. The van der Waals surface area contributed by atoms with Crippen molar-refractivity contribution >= 4 is 17.3 Å². The smallest absolute Gasteiger partial charge is 0.293 e.